The second-order valence-electron chi connectivity index (χ2n) is 12.2. The molecule has 7 rings (SSSR count). The summed E-state index contributed by atoms with van der Waals surface area (Å²) in [6.07, 6.45) is 7.94. The summed E-state index contributed by atoms with van der Waals surface area (Å²) < 4.78 is 6.39. The molecule has 12 atom stereocenters. The summed E-state index contributed by atoms with van der Waals surface area (Å²) in [5.41, 5.74) is -0.751. The van der Waals surface area contributed by atoms with Crippen LogP contribution in [0, 0.1) is 52.3 Å². The van der Waals surface area contributed by atoms with Gasteiger partial charge in [-0.3, -0.25) is 4.79 Å². The predicted octanol–water partition coefficient (Wildman–Crippen LogP) is 3.29. The maximum Gasteiger partial charge on any atom is 0.155 e. The van der Waals surface area contributed by atoms with E-state index in [-0.39, 0.29) is 22.2 Å². The third-order valence-corrected chi connectivity index (χ3v) is 11.7. The van der Waals surface area contributed by atoms with Crippen molar-refractivity contribution < 1.29 is 19.7 Å². The number of aliphatic hydroxyl groups excluding tert-OH is 1. The van der Waals surface area contributed by atoms with Crippen molar-refractivity contribution in [2.24, 2.45) is 52.3 Å². The maximum atomic E-state index is 12.3. The fourth-order valence-electron chi connectivity index (χ4n) is 10.5. The molecule has 1 saturated heterocycles. The van der Waals surface area contributed by atoms with E-state index in [1.165, 1.54) is 6.42 Å². The molecule has 0 bridgehead atoms. The SMILES string of the molecule is CC12CCC(=O)CC1(O)C1CC1C1C2CCC2(C)C1C1CC1C21CCC(O)O1. The van der Waals surface area contributed by atoms with Crippen LogP contribution >= 0.6 is 0 Å². The van der Waals surface area contributed by atoms with Crippen LogP contribution in [0.25, 0.3) is 0 Å². The molecule has 2 N–H and O–H groups in total. The zero-order chi connectivity index (χ0) is 19.3. The molecule has 4 nitrogen and oxygen atoms in total. The summed E-state index contributed by atoms with van der Waals surface area (Å²) in [6.45, 7) is 4.82. The molecular formula is C24H34O4. The summed E-state index contributed by atoms with van der Waals surface area (Å²) >= 11 is 0. The van der Waals surface area contributed by atoms with E-state index in [9.17, 15) is 15.0 Å². The number of Topliss-reactive ketones (excluding diaryl/α,β-unsaturated/α-hetero) is 1. The van der Waals surface area contributed by atoms with E-state index >= 15 is 0 Å². The normalized spacial score (nSPS) is 68.6. The topological polar surface area (TPSA) is 66.8 Å². The Labute approximate surface area is 167 Å². The van der Waals surface area contributed by atoms with Crippen LogP contribution in [-0.4, -0.2) is 33.5 Å². The van der Waals surface area contributed by atoms with Crippen molar-refractivity contribution in [1.82, 2.24) is 0 Å². The van der Waals surface area contributed by atoms with Crippen LogP contribution in [0.5, 0.6) is 0 Å². The Bertz CT molecular complexity index is 781. The van der Waals surface area contributed by atoms with Gasteiger partial charge in [0.2, 0.25) is 0 Å². The molecule has 1 spiro atoms. The van der Waals surface area contributed by atoms with Crippen LogP contribution < -0.4 is 0 Å². The van der Waals surface area contributed by atoms with Crippen LogP contribution in [0.4, 0.5) is 0 Å². The van der Waals surface area contributed by atoms with Crippen molar-refractivity contribution in [3.05, 3.63) is 0 Å². The van der Waals surface area contributed by atoms with Gasteiger partial charge in [-0.1, -0.05) is 13.8 Å². The smallest absolute Gasteiger partial charge is 0.155 e. The summed E-state index contributed by atoms with van der Waals surface area (Å²) in [5.74, 6) is 4.58. The fourth-order valence-corrected chi connectivity index (χ4v) is 10.5. The Hall–Kier alpha value is -0.450. The standard InChI is InChI=1S/C24H34O4/c1-21-6-3-12(25)11-23(21,27)16-9-13(16)19-15(21)4-7-22(2)20(19)14-10-17(14)24(22)8-5-18(26)28-24/h13-20,26-27H,3-11H2,1-2H3. The number of hydrogen-bond acceptors (Lipinski definition) is 4. The molecule has 4 heteroatoms. The monoisotopic (exact) mass is 386 g/mol. The first-order valence-electron chi connectivity index (χ1n) is 11.9. The van der Waals surface area contributed by atoms with Gasteiger partial charge in [0.1, 0.15) is 5.78 Å². The zero-order valence-electron chi connectivity index (χ0n) is 17.2. The summed E-state index contributed by atoms with van der Waals surface area (Å²) in [7, 11) is 0. The number of carbonyl (C=O) groups is 1. The lowest BCUT2D eigenvalue weighted by atomic mass is 9.42. The van der Waals surface area contributed by atoms with Crippen molar-refractivity contribution in [3.8, 4) is 0 Å². The van der Waals surface area contributed by atoms with Gasteiger partial charge >= 0.3 is 0 Å². The van der Waals surface area contributed by atoms with Crippen molar-refractivity contribution in [3.63, 3.8) is 0 Å². The van der Waals surface area contributed by atoms with E-state index in [2.05, 4.69) is 13.8 Å². The van der Waals surface area contributed by atoms with Gasteiger partial charge in [0.15, 0.2) is 6.29 Å². The van der Waals surface area contributed by atoms with Crippen molar-refractivity contribution in [2.75, 3.05) is 0 Å². The minimum absolute atomic E-state index is 0.0890. The quantitative estimate of drug-likeness (QED) is 0.670. The molecule has 7 aliphatic rings. The van der Waals surface area contributed by atoms with Gasteiger partial charge in [0.25, 0.3) is 0 Å². The van der Waals surface area contributed by atoms with E-state index in [1.807, 2.05) is 0 Å². The molecular weight excluding hydrogens is 352 g/mol. The molecule has 0 aromatic carbocycles. The summed E-state index contributed by atoms with van der Waals surface area (Å²) in [6, 6.07) is 0. The molecule has 0 aromatic rings. The highest BCUT2D eigenvalue weighted by molar-refractivity contribution is 5.81. The lowest BCUT2D eigenvalue weighted by Crippen LogP contribution is -2.65. The highest BCUT2D eigenvalue weighted by Crippen LogP contribution is 2.83. The number of ether oxygens (including phenoxy) is 1. The van der Waals surface area contributed by atoms with Gasteiger partial charge in [-0.15, -0.1) is 0 Å². The third-order valence-electron chi connectivity index (χ3n) is 11.7. The van der Waals surface area contributed by atoms with Gasteiger partial charge < -0.3 is 14.9 Å². The number of carbonyl (C=O) groups excluding carboxylic acids is 1. The average Bonchev–Trinajstić information content (AvgIpc) is 3.54. The lowest BCUT2D eigenvalue weighted by Gasteiger charge is -2.64. The van der Waals surface area contributed by atoms with E-state index in [0.29, 0.717) is 48.3 Å². The molecule has 7 fully saturated rings. The number of hydrogen-bond donors (Lipinski definition) is 2. The van der Waals surface area contributed by atoms with Crippen LogP contribution in [-0.2, 0) is 9.53 Å². The van der Waals surface area contributed by atoms with Crippen LogP contribution in [0.2, 0.25) is 0 Å². The first-order chi connectivity index (χ1) is 13.3. The minimum atomic E-state index is -0.749. The molecule has 6 aliphatic carbocycles. The minimum Gasteiger partial charge on any atom is -0.389 e. The fraction of sp³-hybridized carbons (Fsp3) is 0.958. The van der Waals surface area contributed by atoms with Gasteiger partial charge in [-0.2, -0.15) is 0 Å². The van der Waals surface area contributed by atoms with Crippen LogP contribution in [0.3, 0.4) is 0 Å². The van der Waals surface area contributed by atoms with Gasteiger partial charge in [-0.25, -0.2) is 0 Å². The molecule has 6 saturated carbocycles. The Morgan fingerprint density at radius 1 is 0.964 bits per heavy atom. The molecule has 0 amide bonds. The largest absolute Gasteiger partial charge is 0.389 e. The number of ketones is 1. The number of aliphatic hydroxyl groups is 2. The van der Waals surface area contributed by atoms with Crippen molar-refractivity contribution >= 4 is 5.78 Å². The first kappa shape index (κ1) is 17.3. The maximum absolute atomic E-state index is 12.3. The van der Waals surface area contributed by atoms with Crippen LogP contribution in [0.15, 0.2) is 0 Å². The van der Waals surface area contributed by atoms with E-state index in [0.717, 1.165) is 44.4 Å². The molecule has 154 valence electrons. The van der Waals surface area contributed by atoms with Gasteiger partial charge in [-0.05, 0) is 80.0 Å². The molecule has 0 radical (unpaired) electrons. The molecule has 0 aromatic heterocycles. The number of fused-ring (bicyclic) bond motifs is 12. The Kier molecular flexibility index (Phi) is 2.91. The predicted molar refractivity (Wildman–Crippen MR) is 102 cm³/mol. The summed E-state index contributed by atoms with van der Waals surface area (Å²) in [5, 5.41) is 22.1. The van der Waals surface area contributed by atoms with Gasteiger partial charge in [0.05, 0.1) is 11.2 Å². The summed E-state index contributed by atoms with van der Waals surface area (Å²) in [4.78, 5) is 12.3. The first-order valence-corrected chi connectivity index (χ1v) is 11.9. The molecule has 1 aliphatic heterocycles. The second-order valence-corrected chi connectivity index (χ2v) is 12.2. The lowest BCUT2D eigenvalue weighted by molar-refractivity contribution is -0.238. The molecule has 1 heterocycles. The van der Waals surface area contributed by atoms with Crippen molar-refractivity contribution in [2.45, 2.75) is 89.1 Å². The second kappa shape index (κ2) is 4.73. The highest BCUT2D eigenvalue weighted by atomic mass is 16.6. The Balaban J connectivity index is 1.32. The third kappa shape index (κ3) is 1.62. The highest BCUT2D eigenvalue weighted by Gasteiger charge is 2.82. The number of rotatable bonds is 0. The van der Waals surface area contributed by atoms with Crippen molar-refractivity contribution in [1.29, 1.82) is 0 Å². The Morgan fingerprint density at radius 3 is 2.50 bits per heavy atom. The van der Waals surface area contributed by atoms with E-state index < -0.39 is 11.9 Å². The van der Waals surface area contributed by atoms with Gasteiger partial charge in [0, 0.05) is 30.1 Å². The van der Waals surface area contributed by atoms with E-state index in [1.54, 1.807) is 0 Å². The molecule has 28 heavy (non-hydrogen) atoms. The molecule has 12 unspecified atom stereocenters. The van der Waals surface area contributed by atoms with E-state index in [4.69, 9.17) is 4.74 Å². The van der Waals surface area contributed by atoms with Crippen LogP contribution in [0.1, 0.15) is 71.6 Å². The average molecular weight is 387 g/mol. The zero-order valence-corrected chi connectivity index (χ0v) is 17.2. The Morgan fingerprint density at radius 2 is 1.75 bits per heavy atom.